The monoisotopic (exact) mass is 389 g/mol. The van der Waals surface area contributed by atoms with Crippen molar-refractivity contribution in [2.24, 2.45) is 0 Å². The van der Waals surface area contributed by atoms with Crippen LogP contribution >= 0.6 is 0 Å². The molecule has 0 bridgehead atoms. The highest BCUT2D eigenvalue weighted by molar-refractivity contribution is 5.81. The summed E-state index contributed by atoms with van der Waals surface area (Å²) in [6, 6.07) is 15.9. The molecule has 3 aromatic heterocycles. The molecule has 0 unspecified atom stereocenters. The molecular weight excluding hydrogens is 366 g/mol. The van der Waals surface area contributed by atoms with Crippen molar-refractivity contribution in [3.8, 4) is 11.6 Å². The van der Waals surface area contributed by atoms with Crippen LogP contribution in [0, 0.1) is 0 Å². The van der Waals surface area contributed by atoms with E-state index in [1.807, 2.05) is 42.6 Å². The van der Waals surface area contributed by atoms with Crippen LogP contribution in [0.15, 0.2) is 71.6 Å². The van der Waals surface area contributed by atoms with E-state index >= 15 is 0 Å². The number of benzene rings is 1. The summed E-state index contributed by atoms with van der Waals surface area (Å²) in [7, 11) is 3.30. The summed E-state index contributed by atoms with van der Waals surface area (Å²) >= 11 is 0. The molecule has 6 nitrogen and oxygen atoms in total. The summed E-state index contributed by atoms with van der Waals surface area (Å²) in [5, 5.41) is 1.04. The maximum absolute atomic E-state index is 5.60. The van der Waals surface area contributed by atoms with Crippen LogP contribution in [0.2, 0.25) is 0 Å². The molecule has 0 spiro atoms. The van der Waals surface area contributed by atoms with Crippen molar-refractivity contribution in [1.82, 2.24) is 14.9 Å². The van der Waals surface area contributed by atoms with E-state index < -0.39 is 0 Å². The molecule has 0 fully saturated rings. The lowest BCUT2D eigenvalue weighted by Gasteiger charge is -2.22. The summed E-state index contributed by atoms with van der Waals surface area (Å²) in [6.07, 6.45) is 5.37. The van der Waals surface area contributed by atoms with Gasteiger partial charge in [0.2, 0.25) is 5.88 Å². The van der Waals surface area contributed by atoms with Crippen LogP contribution in [0.25, 0.3) is 10.9 Å². The van der Waals surface area contributed by atoms with E-state index in [2.05, 4.69) is 22.0 Å². The van der Waals surface area contributed by atoms with Gasteiger partial charge in [-0.2, -0.15) is 0 Å². The molecule has 0 atom stereocenters. The number of pyridine rings is 2. The Labute approximate surface area is 169 Å². The second kappa shape index (κ2) is 8.75. The standard InChI is InChI=1S/C23H23N3O3/c1-27-20-8-7-18-11-19(23(28-2)25-22(18)12-20)15-26(16-21-6-4-10-29-21)14-17-5-3-9-24-13-17/h3-13H,14-16H2,1-2H3. The summed E-state index contributed by atoms with van der Waals surface area (Å²) in [4.78, 5) is 11.2. The third-order valence-electron chi connectivity index (χ3n) is 4.74. The van der Waals surface area contributed by atoms with E-state index in [4.69, 9.17) is 18.9 Å². The summed E-state index contributed by atoms with van der Waals surface area (Å²) in [5.74, 6) is 2.29. The van der Waals surface area contributed by atoms with Crippen molar-refractivity contribution < 1.29 is 13.9 Å². The van der Waals surface area contributed by atoms with Gasteiger partial charge in [0.1, 0.15) is 11.5 Å². The van der Waals surface area contributed by atoms with Gasteiger partial charge in [0.05, 0.1) is 32.5 Å². The number of hydrogen-bond donors (Lipinski definition) is 0. The van der Waals surface area contributed by atoms with Crippen LogP contribution in [0.3, 0.4) is 0 Å². The maximum atomic E-state index is 5.60. The Hall–Kier alpha value is -3.38. The molecule has 148 valence electrons. The van der Waals surface area contributed by atoms with Crippen molar-refractivity contribution >= 4 is 10.9 Å². The zero-order valence-electron chi connectivity index (χ0n) is 16.5. The fraction of sp³-hybridized carbons (Fsp3) is 0.217. The van der Waals surface area contributed by atoms with Crippen molar-refractivity contribution in [3.63, 3.8) is 0 Å². The Balaban J connectivity index is 1.65. The molecule has 0 N–H and O–H groups in total. The molecule has 4 aromatic rings. The minimum Gasteiger partial charge on any atom is -0.497 e. The van der Waals surface area contributed by atoms with Gasteiger partial charge >= 0.3 is 0 Å². The van der Waals surface area contributed by atoms with Gasteiger partial charge in [-0.3, -0.25) is 9.88 Å². The third-order valence-corrected chi connectivity index (χ3v) is 4.74. The molecule has 0 aliphatic carbocycles. The minimum absolute atomic E-state index is 0.612. The zero-order valence-corrected chi connectivity index (χ0v) is 16.5. The van der Waals surface area contributed by atoms with Crippen LogP contribution < -0.4 is 9.47 Å². The fourth-order valence-corrected chi connectivity index (χ4v) is 3.37. The molecule has 0 aliphatic heterocycles. The number of hydrogen-bond acceptors (Lipinski definition) is 6. The Morgan fingerprint density at radius 2 is 1.90 bits per heavy atom. The van der Waals surface area contributed by atoms with E-state index in [0.717, 1.165) is 40.1 Å². The van der Waals surface area contributed by atoms with Crippen LogP contribution in [-0.2, 0) is 19.6 Å². The van der Waals surface area contributed by atoms with E-state index in [-0.39, 0.29) is 0 Å². The Morgan fingerprint density at radius 3 is 2.62 bits per heavy atom. The topological polar surface area (TPSA) is 60.6 Å². The number of rotatable bonds is 8. The number of fused-ring (bicyclic) bond motifs is 1. The number of methoxy groups -OCH3 is 2. The van der Waals surface area contributed by atoms with E-state index in [0.29, 0.717) is 19.0 Å². The SMILES string of the molecule is COc1ccc2cc(CN(Cc3cccnc3)Cc3ccco3)c(OC)nc2c1. The molecule has 0 radical (unpaired) electrons. The number of aromatic nitrogens is 2. The molecule has 4 rings (SSSR count). The second-order valence-electron chi connectivity index (χ2n) is 6.80. The van der Waals surface area contributed by atoms with Gasteiger partial charge in [-0.25, -0.2) is 4.98 Å². The van der Waals surface area contributed by atoms with Gasteiger partial charge in [0.25, 0.3) is 0 Å². The first-order valence-electron chi connectivity index (χ1n) is 9.40. The molecule has 0 aliphatic rings. The lowest BCUT2D eigenvalue weighted by molar-refractivity contribution is 0.223. The number of furan rings is 1. The van der Waals surface area contributed by atoms with E-state index in [9.17, 15) is 0 Å². The molecule has 0 saturated carbocycles. The minimum atomic E-state index is 0.612. The molecule has 3 heterocycles. The fourth-order valence-electron chi connectivity index (χ4n) is 3.37. The van der Waals surface area contributed by atoms with Crippen molar-refractivity contribution in [2.75, 3.05) is 14.2 Å². The second-order valence-corrected chi connectivity index (χ2v) is 6.80. The largest absolute Gasteiger partial charge is 0.497 e. The number of nitrogens with zero attached hydrogens (tertiary/aromatic N) is 3. The summed E-state index contributed by atoms with van der Waals surface area (Å²) in [6.45, 7) is 2.07. The predicted octanol–water partition coefficient (Wildman–Crippen LogP) is 4.44. The molecule has 6 heteroatoms. The summed E-state index contributed by atoms with van der Waals surface area (Å²) < 4.78 is 16.5. The summed E-state index contributed by atoms with van der Waals surface area (Å²) in [5.41, 5.74) is 2.99. The lowest BCUT2D eigenvalue weighted by atomic mass is 10.1. The first-order chi connectivity index (χ1) is 14.2. The van der Waals surface area contributed by atoms with Crippen LogP contribution in [-0.4, -0.2) is 29.1 Å². The van der Waals surface area contributed by atoms with Gasteiger partial charge < -0.3 is 13.9 Å². The quantitative estimate of drug-likeness (QED) is 0.444. The third kappa shape index (κ3) is 4.55. The number of ether oxygens (including phenoxy) is 2. The molecule has 0 saturated heterocycles. The van der Waals surface area contributed by atoms with Crippen LogP contribution in [0.1, 0.15) is 16.9 Å². The zero-order chi connectivity index (χ0) is 20.1. The van der Waals surface area contributed by atoms with E-state index in [1.54, 1.807) is 26.7 Å². The molecule has 1 aromatic carbocycles. The van der Waals surface area contributed by atoms with Crippen LogP contribution in [0.5, 0.6) is 11.6 Å². The highest BCUT2D eigenvalue weighted by Crippen LogP contribution is 2.27. The van der Waals surface area contributed by atoms with Gasteiger partial charge in [-0.1, -0.05) is 6.07 Å². The highest BCUT2D eigenvalue weighted by Gasteiger charge is 2.15. The van der Waals surface area contributed by atoms with Gasteiger partial charge in [0, 0.05) is 42.5 Å². The first kappa shape index (κ1) is 19.0. The van der Waals surface area contributed by atoms with Gasteiger partial charge in [-0.05, 0) is 42.0 Å². The first-order valence-corrected chi connectivity index (χ1v) is 9.40. The van der Waals surface area contributed by atoms with Gasteiger partial charge in [-0.15, -0.1) is 0 Å². The van der Waals surface area contributed by atoms with Gasteiger partial charge in [0.15, 0.2) is 0 Å². The van der Waals surface area contributed by atoms with Crippen LogP contribution in [0.4, 0.5) is 0 Å². The van der Waals surface area contributed by atoms with E-state index in [1.165, 1.54) is 0 Å². The normalized spacial score (nSPS) is 11.1. The Bertz CT molecular complexity index is 1070. The van der Waals surface area contributed by atoms with Crippen molar-refractivity contribution in [1.29, 1.82) is 0 Å². The lowest BCUT2D eigenvalue weighted by Crippen LogP contribution is -2.22. The Kier molecular flexibility index (Phi) is 5.72. The smallest absolute Gasteiger partial charge is 0.218 e. The maximum Gasteiger partial charge on any atom is 0.218 e. The Morgan fingerprint density at radius 1 is 0.966 bits per heavy atom. The van der Waals surface area contributed by atoms with Crippen molar-refractivity contribution in [2.45, 2.75) is 19.6 Å². The predicted molar refractivity (Wildman–Crippen MR) is 111 cm³/mol. The average molecular weight is 389 g/mol. The van der Waals surface area contributed by atoms with Crippen molar-refractivity contribution in [3.05, 3.63) is 84.1 Å². The molecule has 0 amide bonds. The molecule has 29 heavy (non-hydrogen) atoms. The highest BCUT2D eigenvalue weighted by atomic mass is 16.5. The average Bonchev–Trinajstić information content (AvgIpc) is 3.26. The molecular formula is C23H23N3O3.